The summed E-state index contributed by atoms with van der Waals surface area (Å²) in [6, 6.07) is 48.2. The number of fused-ring (bicyclic) bond motifs is 7. The molecule has 11 heteroatoms. The van der Waals surface area contributed by atoms with Crippen LogP contribution >= 0.6 is 0 Å². The molecule has 4 bridgehead atoms. The Morgan fingerprint density at radius 2 is 1.05 bits per heavy atom. The van der Waals surface area contributed by atoms with Crippen LogP contribution < -0.4 is 0 Å². The lowest BCUT2D eigenvalue weighted by atomic mass is 9.95. The SMILES string of the molecule is COC1OC2COCc3cccc(c3)COC3C4OC(c5ccccc5)OCC4OC(OC2C(OCc2ccccc2)C1OCc1ccccc1)C3OCc1ccccc1. The summed E-state index contributed by atoms with van der Waals surface area (Å²) in [6.45, 7) is 1.90. The molecule has 9 rings (SSSR count). The largest absolute Gasteiger partial charge is 0.374 e. The second-order valence-electron chi connectivity index (χ2n) is 15.5. The van der Waals surface area contributed by atoms with Crippen LogP contribution in [-0.2, 0) is 85.1 Å². The van der Waals surface area contributed by atoms with Crippen LogP contribution in [0.5, 0.6) is 0 Å². The Hall–Kier alpha value is -4.34. The zero-order chi connectivity index (χ0) is 40.5. The summed E-state index contributed by atoms with van der Waals surface area (Å²) >= 11 is 0. The van der Waals surface area contributed by atoms with Gasteiger partial charge in [0.25, 0.3) is 0 Å². The first-order chi connectivity index (χ1) is 29.7. The number of hydrogen-bond acceptors (Lipinski definition) is 11. The second kappa shape index (κ2) is 20.0. The highest BCUT2D eigenvalue weighted by molar-refractivity contribution is 5.23. The maximum absolute atomic E-state index is 7.25. The minimum absolute atomic E-state index is 0.171. The molecule has 4 aliphatic rings. The monoisotopic (exact) mass is 816 g/mol. The summed E-state index contributed by atoms with van der Waals surface area (Å²) in [7, 11) is 1.61. The molecule has 0 aromatic heterocycles. The summed E-state index contributed by atoms with van der Waals surface area (Å²) in [4.78, 5) is 0. The van der Waals surface area contributed by atoms with Crippen LogP contribution in [0.2, 0.25) is 0 Å². The molecule has 0 radical (unpaired) electrons. The molecule has 4 aliphatic heterocycles. The van der Waals surface area contributed by atoms with Crippen molar-refractivity contribution < 1.29 is 52.1 Å². The van der Waals surface area contributed by atoms with E-state index in [0.717, 1.165) is 33.4 Å². The van der Waals surface area contributed by atoms with Crippen molar-refractivity contribution in [1.29, 1.82) is 0 Å². The lowest BCUT2D eigenvalue weighted by Gasteiger charge is -2.51. The van der Waals surface area contributed by atoms with Crippen LogP contribution in [0.4, 0.5) is 0 Å². The molecule has 3 saturated heterocycles. The van der Waals surface area contributed by atoms with E-state index in [-0.39, 0.29) is 26.4 Å². The Kier molecular flexibility index (Phi) is 13.7. The first kappa shape index (κ1) is 41.0. The Balaban J connectivity index is 1.10. The van der Waals surface area contributed by atoms with E-state index in [9.17, 15) is 0 Å². The van der Waals surface area contributed by atoms with Crippen molar-refractivity contribution >= 4 is 0 Å². The van der Waals surface area contributed by atoms with Crippen molar-refractivity contribution in [2.75, 3.05) is 20.3 Å². The average Bonchev–Trinajstić information content (AvgIpc) is 3.30. The van der Waals surface area contributed by atoms with E-state index in [1.807, 2.05) is 140 Å². The highest BCUT2D eigenvalue weighted by Gasteiger charge is 2.56. The highest BCUT2D eigenvalue weighted by atomic mass is 16.8. The quantitative estimate of drug-likeness (QED) is 0.133. The zero-order valence-corrected chi connectivity index (χ0v) is 33.6. The summed E-state index contributed by atoms with van der Waals surface area (Å²) in [5, 5.41) is 0. The van der Waals surface area contributed by atoms with E-state index in [1.165, 1.54) is 0 Å². The zero-order valence-electron chi connectivity index (χ0n) is 33.6. The van der Waals surface area contributed by atoms with Crippen molar-refractivity contribution in [3.8, 4) is 0 Å². The molecule has 11 unspecified atom stereocenters. The molecular weight excluding hydrogens is 765 g/mol. The maximum atomic E-state index is 7.25. The summed E-state index contributed by atoms with van der Waals surface area (Å²) in [5.74, 6) is 0. The van der Waals surface area contributed by atoms with Crippen LogP contribution in [-0.4, -0.2) is 81.7 Å². The molecular formula is C49H52O11. The number of benzene rings is 5. The molecule has 11 atom stereocenters. The van der Waals surface area contributed by atoms with Crippen LogP contribution in [0.1, 0.15) is 39.7 Å². The molecule has 11 nitrogen and oxygen atoms in total. The van der Waals surface area contributed by atoms with Crippen LogP contribution in [0.25, 0.3) is 0 Å². The van der Waals surface area contributed by atoms with Gasteiger partial charge in [-0.1, -0.05) is 146 Å². The van der Waals surface area contributed by atoms with E-state index in [4.69, 9.17) is 52.1 Å². The van der Waals surface area contributed by atoms with Gasteiger partial charge in [-0.2, -0.15) is 0 Å². The molecule has 0 spiro atoms. The first-order valence-electron chi connectivity index (χ1n) is 20.7. The van der Waals surface area contributed by atoms with Gasteiger partial charge in [-0.05, 0) is 27.8 Å². The van der Waals surface area contributed by atoms with Crippen LogP contribution in [0.3, 0.4) is 0 Å². The fourth-order valence-corrected chi connectivity index (χ4v) is 8.28. The predicted molar refractivity (Wildman–Crippen MR) is 219 cm³/mol. The standard InChI is InChI=1S/C49H52O11/c1-50-48-45(54-28-34-17-8-3-9-18-34)43(52-27-33-15-6-2-7-16-33)41-39(57-48)31-51-26-36-21-14-22-37(25-36)30-53-44-42-40(32-56-47(59-42)38-23-12-5-13-24-38)58-49(60-41)46(44)55-29-35-19-10-4-11-20-35/h2-25,39-49H,26-32H2,1H3. The number of ether oxygens (including phenoxy) is 11. The minimum Gasteiger partial charge on any atom is -0.374 e. The minimum atomic E-state index is -0.984. The van der Waals surface area contributed by atoms with Crippen molar-refractivity contribution in [1.82, 2.24) is 0 Å². The van der Waals surface area contributed by atoms with Gasteiger partial charge in [0, 0.05) is 12.7 Å². The van der Waals surface area contributed by atoms with E-state index in [1.54, 1.807) is 7.11 Å². The van der Waals surface area contributed by atoms with Crippen molar-refractivity contribution in [2.24, 2.45) is 0 Å². The Morgan fingerprint density at radius 1 is 0.483 bits per heavy atom. The fourth-order valence-electron chi connectivity index (χ4n) is 8.28. The fraction of sp³-hybridized carbons (Fsp3) is 0.388. The van der Waals surface area contributed by atoms with Crippen molar-refractivity contribution in [3.05, 3.63) is 179 Å². The van der Waals surface area contributed by atoms with Crippen LogP contribution in [0.15, 0.2) is 146 Å². The molecule has 0 aliphatic carbocycles. The lowest BCUT2D eigenvalue weighted by Crippen LogP contribution is -2.67. The number of methoxy groups -OCH3 is 1. The first-order valence-corrected chi connectivity index (χ1v) is 20.7. The Morgan fingerprint density at radius 3 is 1.68 bits per heavy atom. The second-order valence-corrected chi connectivity index (χ2v) is 15.5. The normalized spacial score (nSPS) is 30.6. The molecule has 3 fully saturated rings. The van der Waals surface area contributed by atoms with Crippen molar-refractivity contribution in [3.63, 3.8) is 0 Å². The molecule has 5 aromatic rings. The van der Waals surface area contributed by atoms with Gasteiger partial charge in [-0.3, -0.25) is 0 Å². The van der Waals surface area contributed by atoms with Crippen molar-refractivity contribution in [2.45, 2.75) is 101 Å². The molecule has 0 saturated carbocycles. The van der Waals surface area contributed by atoms with Gasteiger partial charge in [0.15, 0.2) is 18.9 Å². The predicted octanol–water partition coefficient (Wildman–Crippen LogP) is 7.45. The van der Waals surface area contributed by atoms with Crippen LogP contribution in [0, 0.1) is 0 Å². The van der Waals surface area contributed by atoms with E-state index in [2.05, 4.69) is 6.07 Å². The van der Waals surface area contributed by atoms with Gasteiger partial charge in [0.2, 0.25) is 0 Å². The number of rotatable bonds is 11. The molecule has 60 heavy (non-hydrogen) atoms. The summed E-state index contributed by atoms with van der Waals surface area (Å²) in [6.07, 6.45) is -7.83. The maximum Gasteiger partial charge on any atom is 0.187 e. The third-order valence-electron chi connectivity index (χ3n) is 11.3. The van der Waals surface area contributed by atoms with E-state index < -0.39 is 67.7 Å². The van der Waals surface area contributed by atoms with Gasteiger partial charge < -0.3 is 52.1 Å². The van der Waals surface area contributed by atoms with E-state index in [0.29, 0.717) is 19.8 Å². The number of hydrogen-bond donors (Lipinski definition) is 0. The molecule has 0 N–H and O–H groups in total. The highest BCUT2D eigenvalue weighted by Crippen LogP contribution is 2.40. The van der Waals surface area contributed by atoms with Gasteiger partial charge in [-0.15, -0.1) is 0 Å². The molecule has 0 amide bonds. The van der Waals surface area contributed by atoms with Gasteiger partial charge in [0.05, 0.1) is 46.2 Å². The third kappa shape index (κ3) is 9.89. The third-order valence-corrected chi connectivity index (χ3v) is 11.3. The topological polar surface area (TPSA) is 102 Å². The van der Waals surface area contributed by atoms with Gasteiger partial charge in [0.1, 0.15) is 48.8 Å². The molecule has 314 valence electrons. The summed E-state index contributed by atoms with van der Waals surface area (Å²) in [5.41, 5.74) is 5.86. The summed E-state index contributed by atoms with van der Waals surface area (Å²) < 4.78 is 74.0. The average molecular weight is 817 g/mol. The smallest absolute Gasteiger partial charge is 0.187 e. The van der Waals surface area contributed by atoms with E-state index >= 15 is 0 Å². The molecule has 5 aromatic carbocycles. The molecule has 4 heterocycles. The Labute approximate surface area is 351 Å². The van der Waals surface area contributed by atoms with Gasteiger partial charge >= 0.3 is 0 Å². The lowest BCUT2D eigenvalue weighted by molar-refractivity contribution is -0.397. The Bertz CT molecular complexity index is 2040. The van der Waals surface area contributed by atoms with Gasteiger partial charge in [-0.25, -0.2) is 0 Å².